The largest absolute Gasteiger partial charge is 0.367 e. The Morgan fingerprint density at radius 3 is 2.65 bits per heavy atom. The summed E-state index contributed by atoms with van der Waals surface area (Å²) in [6.45, 7) is 0.490. The summed E-state index contributed by atoms with van der Waals surface area (Å²) < 4.78 is 0. The zero-order valence-corrected chi connectivity index (χ0v) is 11.1. The molecule has 0 aliphatic carbocycles. The Morgan fingerprint density at radius 1 is 1.35 bits per heavy atom. The van der Waals surface area contributed by atoms with Crippen molar-refractivity contribution < 1.29 is 4.92 Å². The van der Waals surface area contributed by atoms with E-state index < -0.39 is 4.92 Å². The summed E-state index contributed by atoms with van der Waals surface area (Å²) in [5.41, 5.74) is 0.855. The van der Waals surface area contributed by atoms with Crippen LogP contribution >= 0.6 is 0 Å². The molecule has 0 saturated heterocycles. The van der Waals surface area contributed by atoms with Gasteiger partial charge >= 0.3 is 5.69 Å². The molecule has 8 heteroatoms. The van der Waals surface area contributed by atoms with Gasteiger partial charge in [-0.25, -0.2) is 9.97 Å². The zero-order valence-electron chi connectivity index (χ0n) is 11.1. The van der Waals surface area contributed by atoms with Crippen LogP contribution in [0.25, 0.3) is 0 Å². The second-order valence-corrected chi connectivity index (χ2v) is 4.11. The third kappa shape index (κ3) is 2.79. The fourth-order valence-corrected chi connectivity index (χ4v) is 1.84. The summed E-state index contributed by atoms with van der Waals surface area (Å²) in [6, 6.07) is 3.70. The highest BCUT2D eigenvalue weighted by Crippen LogP contribution is 2.31. The van der Waals surface area contributed by atoms with E-state index >= 15 is 0 Å². The molecule has 2 rings (SSSR count). The SMILES string of the molecule is CNc1ncnc(N(C)Cc2ccncc2)c1[N+](=O)[O-]. The van der Waals surface area contributed by atoms with E-state index in [-0.39, 0.29) is 17.3 Å². The topological polar surface area (TPSA) is 97.1 Å². The molecule has 2 aromatic rings. The molecule has 2 heterocycles. The van der Waals surface area contributed by atoms with E-state index in [1.54, 1.807) is 31.4 Å². The first kappa shape index (κ1) is 13.7. The summed E-state index contributed by atoms with van der Waals surface area (Å²) in [5, 5.41) is 13.9. The summed E-state index contributed by atoms with van der Waals surface area (Å²) in [5.74, 6) is 0.466. The number of anilines is 2. The lowest BCUT2D eigenvalue weighted by Crippen LogP contribution is -2.20. The van der Waals surface area contributed by atoms with Crippen molar-refractivity contribution in [3.05, 3.63) is 46.5 Å². The van der Waals surface area contributed by atoms with E-state index in [0.29, 0.717) is 6.54 Å². The molecule has 0 bridgehead atoms. The summed E-state index contributed by atoms with van der Waals surface area (Å²) in [4.78, 5) is 24.3. The highest BCUT2D eigenvalue weighted by atomic mass is 16.6. The van der Waals surface area contributed by atoms with E-state index in [0.717, 1.165) is 5.56 Å². The van der Waals surface area contributed by atoms with Gasteiger partial charge in [-0.05, 0) is 17.7 Å². The lowest BCUT2D eigenvalue weighted by Gasteiger charge is -2.18. The van der Waals surface area contributed by atoms with Crippen LogP contribution < -0.4 is 10.2 Å². The molecular weight excluding hydrogens is 260 g/mol. The van der Waals surface area contributed by atoms with Crippen molar-refractivity contribution in [2.45, 2.75) is 6.54 Å². The van der Waals surface area contributed by atoms with Crippen molar-refractivity contribution in [3.63, 3.8) is 0 Å². The van der Waals surface area contributed by atoms with Crippen LogP contribution in [-0.2, 0) is 6.54 Å². The Morgan fingerprint density at radius 2 is 2.05 bits per heavy atom. The number of aromatic nitrogens is 3. The predicted octanol–water partition coefficient (Wildman–Crippen LogP) is 1.46. The molecule has 0 aliphatic rings. The van der Waals surface area contributed by atoms with Crippen molar-refractivity contribution >= 4 is 17.3 Å². The Labute approximate surface area is 115 Å². The first-order valence-electron chi connectivity index (χ1n) is 5.90. The van der Waals surface area contributed by atoms with Crippen LogP contribution in [-0.4, -0.2) is 34.0 Å². The number of pyridine rings is 1. The van der Waals surface area contributed by atoms with Crippen molar-refractivity contribution in [3.8, 4) is 0 Å². The molecule has 20 heavy (non-hydrogen) atoms. The lowest BCUT2D eigenvalue weighted by molar-refractivity contribution is -0.383. The summed E-state index contributed by atoms with van der Waals surface area (Å²) in [7, 11) is 3.33. The standard InChI is InChI=1S/C12H14N6O2/c1-13-11-10(18(19)20)12(16-8-15-11)17(2)7-9-3-5-14-6-4-9/h3-6,8H,7H2,1-2H3,(H,13,15,16). The van der Waals surface area contributed by atoms with Gasteiger partial charge in [-0.3, -0.25) is 15.1 Å². The van der Waals surface area contributed by atoms with Crippen molar-refractivity contribution in [1.82, 2.24) is 15.0 Å². The first-order chi connectivity index (χ1) is 9.63. The Bertz CT molecular complexity index is 604. The van der Waals surface area contributed by atoms with Gasteiger partial charge in [-0.15, -0.1) is 0 Å². The molecule has 0 aromatic carbocycles. The molecule has 0 atom stereocenters. The fourth-order valence-electron chi connectivity index (χ4n) is 1.84. The van der Waals surface area contributed by atoms with Crippen LogP contribution in [0, 0.1) is 10.1 Å². The van der Waals surface area contributed by atoms with Crippen LogP contribution in [0.5, 0.6) is 0 Å². The van der Waals surface area contributed by atoms with Gasteiger partial charge in [0.05, 0.1) is 4.92 Å². The van der Waals surface area contributed by atoms with Gasteiger partial charge in [0.2, 0.25) is 11.6 Å². The van der Waals surface area contributed by atoms with Crippen LogP contribution in [0.2, 0.25) is 0 Å². The average Bonchev–Trinajstić information content (AvgIpc) is 2.47. The molecule has 0 fully saturated rings. The molecule has 0 radical (unpaired) electrons. The number of hydrogen-bond acceptors (Lipinski definition) is 7. The minimum absolute atomic E-state index is 0.133. The molecule has 0 unspecified atom stereocenters. The minimum atomic E-state index is -0.482. The lowest BCUT2D eigenvalue weighted by atomic mass is 10.2. The van der Waals surface area contributed by atoms with Crippen molar-refractivity contribution in [2.75, 3.05) is 24.3 Å². The molecule has 0 spiro atoms. The van der Waals surface area contributed by atoms with Crippen molar-refractivity contribution in [2.24, 2.45) is 0 Å². The molecule has 0 aliphatic heterocycles. The maximum absolute atomic E-state index is 11.2. The average molecular weight is 274 g/mol. The van der Waals surface area contributed by atoms with E-state index in [2.05, 4.69) is 20.3 Å². The number of nitro groups is 1. The summed E-state index contributed by atoms with van der Waals surface area (Å²) in [6.07, 6.45) is 4.66. The molecule has 0 amide bonds. The molecule has 1 N–H and O–H groups in total. The van der Waals surface area contributed by atoms with Crippen molar-refractivity contribution in [1.29, 1.82) is 0 Å². The second-order valence-electron chi connectivity index (χ2n) is 4.11. The maximum Gasteiger partial charge on any atom is 0.353 e. The normalized spacial score (nSPS) is 10.1. The molecule has 0 saturated carbocycles. The molecule has 2 aromatic heterocycles. The highest BCUT2D eigenvalue weighted by molar-refractivity contribution is 5.69. The van der Waals surface area contributed by atoms with E-state index in [1.807, 2.05) is 12.1 Å². The number of nitrogens with zero attached hydrogens (tertiary/aromatic N) is 5. The predicted molar refractivity (Wildman–Crippen MR) is 74.6 cm³/mol. The van der Waals surface area contributed by atoms with Gasteiger partial charge < -0.3 is 10.2 Å². The van der Waals surface area contributed by atoms with Crippen LogP contribution in [0.1, 0.15) is 5.56 Å². The van der Waals surface area contributed by atoms with Gasteiger partial charge in [0.25, 0.3) is 0 Å². The number of hydrogen-bond donors (Lipinski definition) is 1. The Balaban J connectivity index is 2.34. The maximum atomic E-state index is 11.2. The highest BCUT2D eigenvalue weighted by Gasteiger charge is 2.24. The van der Waals surface area contributed by atoms with Gasteiger partial charge in [0.1, 0.15) is 6.33 Å². The van der Waals surface area contributed by atoms with Gasteiger partial charge in [0, 0.05) is 33.0 Å². The second kappa shape index (κ2) is 5.91. The Hall–Kier alpha value is -2.77. The fraction of sp³-hybridized carbons (Fsp3) is 0.250. The molecule has 8 nitrogen and oxygen atoms in total. The smallest absolute Gasteiger partial charge is 0.353 e. The molecular formula is C12H14N6O2. The van der Waals surface area contributed by atoms with Crippen LogP contribution in [0.4, 0.5) is 17.3 Å². The Kier molecular flexibility index (Phi) is 4.04. The minimum Gasteiger partial charge on any atom is -0.367 e. The zero-order chi connectivity index (χ0) is 14.5. The third-order valence-corrected chi connectivity index (χ3v) is 2.75. The third-order valence-electron chi connectivity index (χ3n) is 2.75. The molecule has 104 valence electrons. The summed E-state index contributed by atoms with van der Waals surface area (Å²) >= 11 is 0. The number of rotatable bonds is 5. The van der Waals surface area contributed by atoms with Gasteiger partial charge in [0.15, 0.2) is 0 Å². The van der Waals surface area contributed by atoms with E-state index in [1.165, 1.54) is 6.33 Å². The van der Waals surface area contributed by atoms with E-state index in [9.17, 15) is 10.1 Å². The number of nitrogens with one attached hydrogen (secondary N) is 1. The van der Waals surface area contributed by atoms with Gasteiger partial charge in [-0.1, -0.05) is 0 Å². The van der Waals surface area contributed by atoms with Crippen LogP contribution in [0.15, 0.2) is 30.9 Å². The monoisotopic (exact) mass is 274 g/mol. The quantitative estimate of drug-likeness (QED) is 0.651. The van der Waals surface area contributed by atoms with E-state index in [4.69, 9.17) is 0 Å². The van der Waals surface area contributed by atoms with Crippen LogP contribution in [0.3, 0.4) is 0 Å². The first-order valence-corrected chi connectivity index (χ1v) is 5.90. The van der Waals surface area contributed by atoms with Gasteiger partial charge in [-0.2, -0.15) is 0 Å².